The van der Waals surface area contributed by atoms with Crippen LogP contribution in [0.15, 0.2) is 255 Å². The summed E-state index contributed by atoms with van der Waals surface area (Å²) in [4.78, 5) is 0. The van der Waals surface area contributed by atoms with Gasteiger partial charge in [-0.3, -0.25) is 0 Å². The van der Waals surface area contributed by atoms with Gasteiger partial charge in [0.2, 0.25) is 0 Å². The Morgan fingerprint density at radius 2 is 0.450 bits per heavy atom. The molecule has 60 heavy (non-hydrogen) atoms. The maximum atomic E-state index is 2.63. The maximum absolute atomic E-state index is 2.63. The molecule has 0 aliphatic heterocycles. The highest BCUT2D eigenvalue weighted by Gasteiger charge is 2.54. The second-order valence-corrected chi connectivity index (χ2v) is 15.9. The Morgan fingerprint density at radius 3 is 0.717 bits per heavy atom. The molecule has 0 saturated heterocycles. The minimum Gasteiger partial charge on any atom is -0.0622 e. The summed E-state index contributed by atoms with van der Waals surface area (Å²) in [7, 11) is 0. The third kappa shape index (κ3) is 5.31. The van der Waals surface area contributed by atoms with Crippen LogP contribution in [0.1, 0.15) is 66.8 Å². The summed E-state index contributed by atoms with van der Waals surface area (Å²) in [5, 5.41) is 0. The van der Waals surface area contributed by atoms with Gasteiger partial charge >= 0.3 is 0 Å². The minimum atomic E-state index is -0.666. The number of hydrogen-bond donors (Lipinski definition) is 0. The van der Waals surface area contributed by atoms with Crippen molar-refractivity contribution < 1.29 is 0 Å². The van der Waals surface area contributed by atoms with Crippen LogP contribution in [0, 0.1) is 0 Å². The molecule has 0 aromatic heterocycles. The zero-order valence-electron chi connectivity index (χ0n) is 33.2. The molecule has 282 valence electrons. The van der Waals surface area contributed by atoms with Crippen LogP contribution in [0.5, 0.6) is 0 Å². The monoisotopic (exact) mass is 762 g/mol. The van der Waals surface area contributed by atoms with Crippen LogP contribution in [-0.2, 0) is 10.8 Å². The molecule has 0 atom stereocenters. The van der Waals surface area contributed by atoms with E-state index in [1.54, 1.807) is 0 Å². The Labute approximate surface area is 353 Å². The van der Waals surface area contributed by atoms with Crippen molar-refractivity contribution in [3.8, 4) is 0 Å². The SMILES string of the molecule is c1ccc(C2=C(c3ccccc3)C(c3ccccc3)(c3ccccc3)c3cc4c(cc32)C(c2ccccc2)=C(c2ccccc2)C4(c2ccccc2)c2ccccc2)cc1. The van der Waals surface area contributed by atoms with Crippen LogP contribution in [-0.4, -0.2) is 0 Å². The Morgan fingerprint density at radius 1 is 0.217 bits per heavy atom. The first-order valence-electron chi connectivity index (χ1n) is 20.9. The molecule has 0 bridgehead atoms. The molecule has 11 rings (SSSR count). The quantitative estimate of drug-likeness (QED) is 0.145. The predicted molar refractivity (Wildman–Crippen MR) is 250 cm³/mol. The molecule has 0 heteroatoms. The van der Waals surface area contributed by atoms with Gasteiger partial charge in [-0.15, -0.1) is 0 Å². The summed E-state index contributed by atoms with van der Waals surface area (Å²) in [6.07, 6.45) is 0. The molecule has 0 amide bonds. The van der Waals surface area contributed by atoms with E-state index in [0.717, 1.165) is 0 Å². The zero-order chi connectivity index (χ0) is 39.9. The van der Waals surface area contributed by atoms with Crippen molar-refractivity contribution in [1.82, 2.24) is 0 Å². The molecule has 0 unspecified atom stereocenters. The number of hydrogen-bond acceptors (Lipinski definition) is 0. The molecule has 0 N–H and O–H groups in total. The molecule has 0 nitrogen and oxygen atoms in total. The van der Waals surface area contributed by atoms with Crippen molar-refractivity contribution in [3.05, 3.63) is 322 Å². The summed E-state index contributed by atoms with van der Waals surface area (Å²) < 4.78 is 0. The van der Waals surface area contributed by atoms with Crippen LogP contribution in [0.2, 0.25) is 0 Å². The first-order valence-corrected chi connectivity index (χ1v) is 20.9. The van der Waals surface area contributed by atoms with E-state index in [-0.39, 0.29) is 0 Å². The minimum absolute atomic E-state index is 0.666. The Hall–Kier alpha value is -7.54. The summed E-state index contributed by atoms with van der Waals surface area (Å²) in [5.41, 5.74) is 18.7. The second-order valence-electron chi connectivity index (χ2n) is 15.9. The van der Waals surface area contributed by atoms with Gasteiger partial charge in [-0.05, 0) is 95.1 Å². The van der Waals surface area contributed by atoms with Crippen molar-refractivity contribution in [1.29, 1.82) is 0 Å². The van der Waals surface area contributed by atoms with Gasteiger partial charge in [0, 0.05) is 0 Å². The predicted octanol–water partition coefficient (Wildman–Crippen LogP) is 14.3. The van der Waals surface area contributed by atoms with E-state index in [0.29, 0.717) is 0 Å². The van der Waals surface area contributed by atoms with Gasteiger partial charge in [0.15, 0.2) is 0 Å². The van der Waals surface area contributed by atoms with Gasteiger partial charge in [-0.25, -0.2) is 0 Å². The second kappa shape index (κ2) is 14.7. The third-order valence-electron chi connectivity index (χ3n) is 12.8. The van der Waals surface area contributed by atoms with E-state index in [4.69, 9.17) is 0 Å². The van der Waals surface area contributed by atoms with Gasteiger partial charge in [-0.2, -0.15) is 0 Å². The summed E-state index contributed by atoms with van der Waals surface area (Å²) in [6.45, 7) is 0. The lowest BCUT2D eigenvalue weighted by molar-refractivity contribution is 0.785. The Kier molecular flexibility index (Phi) is 8.72. The zero-order valence-corrected chi connectivity index (χ0v) is 33.2. The highest BCUT2D eigenvalue weighted by atomic mass is 14.5. The lowest BCUT2D eigenvalue weighted by Gasteiger charge is -2.39. The van der Waals surface area contributed by atoms with Crippen molar-refractivity contribution in [2.75, 3.05) is 0 Å². The van der Waals surface area contributed by atoms with Gasteiger partial charge < -0.3 is 0 Å². The van der Waals surface area contributed by atoms with Crippen LogP contribution in [0.3, 0.4) is 0 Å². The molecule has 2 aliphatic carbocycles. The number of fused-ring (bicyclic) bond motifs is 2. The molecule has 0 spiro atoms. The standard InChI is InChI=1S/C60H42/c1-9-25-43(26-10-1)55-51-41-52-54(42-53(51)59(47-33-17-5-18-34-47,48-35-19-6-20-36-48)57(55)45-29-13-3-14-30-45)60(49-37-21-7-22-38-49,50-39-23-8-24-40-50)58(46-31-15-4-16-32-46)56(52)44-27-11-2-12-28-44/h1-42H. The molecule has 0 heterocycles. The van der Waals surface area contributed by atoms with Crippen LogP contribution in [0.25, 0.3) is 22.3 Å². The average Bonchev–Trinajstić information content (AvgIpc) is 3.81. The van der Waals surface area contributed by atoms with Gasteiger partial charge in [-0.1, -0.05) is 249 Å². The highest BCUT2D eigenvalue weighted by Crippen LogP contribution is 2.65. The first-order chi connectivity index (χ1) is 29.8. The summed E-state index contributed by atoms with van der Waals surface area (Å²) in [5.74, 6) is 0. The normalized spacial score (nSPS) is 14.8. The average molecular weight is 763 g/mol. The smallest absolute Gasteiger partial charge is 0.0622 e. The highest BCUT2D eigenvalue weighted by molar-refractivity contribution is 6.15. The molecule has 0 fully saturated rings. The molecule has 9 aromatic carbocycles. The van der Waals surface area contributed by atoms with E-state index >= 15 is 0 Å². The summed E-state index contributed by atoms with van der Waals surface area (Å²) >= 11 is 0. The third-order valence-corrected chi connectivity index (χ3v) is 12.8. The molecule has 0 saturated carbocycles. The Bertz CT molecular complexity index is 2720. The molecule has 2 aliphatic rings. The largest absolute Gasteiger partial charge is 0.0719 e. The number of benzene rings is 9. The van der Waals surface area contributed by atoms with E-state index in [1.165, 1.54) is 89.1 Å². The fourth-order valence-electron chi connectivity index (χ4n) is 10.6. The lowest BCUT2D eigenvalue weighted by Crippen LogP contribution is -2.32. The Balaban J connectivity index is 1.40. The number of rotatable bonds is 8. The van der Waals surface area contributed by atoms with Gasteiger partial charge in [0.25, 0.3) is 0 Å². The topological polar surface area (TPSA) is 0 Å². The molecule has 0 radical (unpaired) electrons. The van der Waals surface area contributed by atoms with Gasteiger partial charge in [0.05, 0.1) is 10.8 Å². The molecular weight excluding hydrogens is 721 g/mol. The number of allylic oxidation sites excluding steroid dienone is 2. The van der Waals surface area contributed by atoms with E-state index in [9.17, 15) is 0 Å². The van der Waals surface area contributed by atoms with E-state index in [2.05, 4.69) is 255 Å². The molecule has 9 aromatic rings. The van der Waals surface area contributed by atoms with E-state index in [1.807, 2.05) is 0 Å². The fourth-order valence-corrected chi connectivity index (χ4v) is 10.6. The van der Waals surface area contributed by atoms with Gasteiger partial charge in [0.1, 0.15) is 0 Å². The van der Waals surface area contributed by atoms with E-state index < -0.39 is 10.8 Å². The van der Waals surface area contributed by atoms with Crippen molar-refractivity contribution >= 4 is 22.3 Å². The lowest BCUT2D eigenvalue weighted by atomic mass is 9.62. The maximum Gasteiger partial charge on any atom is 0.0719 e. The fraction of sp³-hybridized carbons (Fsp3) is 0.0333. The van der Waals surface area contributed by atoms with Crippen LogP contribution in [0.4, 0.5) is 0 Å². The van der Waals surface area contributed by atoms with Crippen LogP contribution < -0.4 is 0 Å². The van der Waals surface area contributed by atoms with Crippen LogP contribution >= 0.6 is 0 Å². The first kappa shape index (κ1) is 35.6. The molecular formula is C60H42. The summed E-state index contributed by atoms with van der Waals surface area (Å²) in [6, 6.07) is 94.5. The van der Waals surface area contributed by atoms with Crippen molar-refractivity contribution in [3.63, 3.8) is 0 Å². The van der Waals surface area contributed by atoms with Crippen molar-refractivity contribution in [2.45, 2.75) is 10.8 Å². The van der Waals surface area contributed by atoms with Crippen molar-refractivity contribution in [2.24, 2.45) is 0 Å².